The first kappa shape index (κ1) is 17.8. The van der Waals surface area contributed by atoms with Crippen molar-refractivity contribution in [3.8, 4) is 17.2 Å². The van der Waals surface area contributed by atoms with E-state index in [2.05, 4.69) is 0 Å². The third-order valence-electron chi connectivity index (χ3n) is 4.24. The Morgan fingerprint density at radius 3 is 2.76 bits per heavy atom. The quantitative estimate of drug-likeness (QED) is 0.755. The number of sulfone groups is 1. The minimum atomic E-state index is -3.05. The molecule has 0 N–H and O–H groups in total. The Hall–Kier alpha value is -1.96. The van der Waals surface area contributed by atoms with Crippen LogP contribution in [-0.2, 0) is 14.6 Å². The molecule has 2 aliphatic rings. The second-order valence-electron chi connectivity index (χ2n) is 6.80. The fourth-order valence-corrected chi connectivity index (χ4v) is 4.79. The molecule has 0 aliphatic carbocycles. The van der Waals surface area contributed by atoms with Crippen molar-refractivity contribution in [2.75, 3.05) is 31.5 Å². The lowest BCUT2D eigenvalue weighted by Crippen LogP contribution is -2.45. The van der Waals surface area contributed by atoms with Crippen molar-refractivity contribution < 1.29 is 27.4 Å². The fraction of sp³-hybridized carbons (Fsp3) is 0.588. The highest BCUT2D eigenvalue weighted by Gasteiger charge is 2.35. The highest BCUT2D eigenvalue weighted by Crippen LogP contribution is 2.35. The molecule has 25 heavy (non-hydrogen) atoms. The molecule has 2 heterocycles. The maximum atomic E-state index is 12.6. The Kier molecular flexibility index (Phi) is 5.08. The van der Waals surface area contributed by atoms with Crippen molar-refractivity contribution in [1.29, 1.82) is 0 Å². The van der Waals surface area contributed by atoms with Crippen LogP contribution < -0.4 is 14.2 Å². The summed E-state index contributed by atoms with van der Waals surface area (Å²) in [5.41, 5.74) is 0. The molecule has 3 rings (SSSR count). The van der Waals surface area contributed by atoms with Gasteiger partial charge < -0.3 is 19.1 Å². The Bertz CT molecular complexity index is 746. The molecule has 0 spiro atoms. The van der Waals surface area contributed by atoms with Gasteiger partial charge in [-0.25, -0.2) is 8.42 Å². The van der Waals surface area contributed by atoms with E-state index in [0.29, 0.717) is 30.2 Å². The van der Waals surface area contributed by atoms with Gasteiger partial charge in [0.15, 0.2) is 27.9 Å². The van der Waals surface area contributed by atoms with E-state index in [1.165, 1.54) is 0 Å². The molecule has 1 amide bonds. The second kappa shape index (κ2) is 7.11. The Labute approximate surface area is 147 Å². The van der Waals surface area contributed by atoms with E-state index < -0.39 is 9.84 Å². The van der Waals surface area contributed by atoms with Crippen molar-refractivity contribution in [3.63, 3.8) is 0 Å². The van der Waals surface area contributed by atoms with Crippen LogP contribution in [-0.4, -0.2) is 56.7 Å². The van der Waals surface area contributed by atoms with Crippen molar-refractivity contribution in [2.24, 2.45) is 5.92 Å². The number of amides is 1. The lowest BCUT2D eigenvalue weighted by molar-refractivity contribution is -0.135. The maximum absolute atomic E-state index is 12.6. The van der Waals surface area contributed by atoms with Gasteiger partial charge in [0.1, 0.15) is 5.75 Å². The summed E-state index contributed by atoms with van der Waals surface area (Å²) >= 11 is 0. The number of fused-ring (bicyclic) bond motifs is 1. The van der Waals surface area contributed by atoms with Crippen LogP contribution in [0.25, 0.3) is 0 Å². The number of hydrogen-bond acceptors (Lipinski definition) is 6. The van der Waals surface area contributed by atoms with Crippen molar-refractivity contribution in [3.05, 3.63) is 18.2 Å². The van der Waals surface area contributed by atoms with E-state index in [1.807, 2.05) is 13.8 Å². The van der Waals surface area contributed by atoms with Crippen LogP contribution in [0.4, 0.5) is 0 Å². The largest absolute Gasteiger partial charge is 0.484 e. The van der Waals surface area contributed by atoms with E-state index in [0.717, 1.165) is 0 Å². The minimum Gasteiger partial charge on any atom is -0.484 e. The molecular weight excluding hydrogens is 346 g/mol. The van der Waals surface area contributed by atoms with Gasteiger partial charge in [0.25, 0.3) is 5.91 Å². The van der Waals surface area contributed by atoms with E-state index in [9.17, 15) is 13.2 Å². The normalized spacial score (nSPS) is 20.7. The summed E-state index contributed by atoms with van der Waals surface area (Å²) in [5, 5.41) is 0. The molecule has 8 heteroatoms. The average Bonchev–Trinajstić information content (AvgIpc) is 3.15. The first-order chi connectivity index (χ1) is 11.8. The minimum absolute atomic E-state index is 0.0372. The zero-order valence-corrected chi connectivity index (χ0v) is 15.3. The average molecular weight is 369 g/mol. The highest BCUT2D eigenvalue weighted by molar-refractivity contribution is 7.91. The Balaban J connectivity index is 1.64. The molecule has 0 unspecified atom stereocenters. The lowest BCUT2D eigenvalue weighted by atomic mass is 10.1. The van der Waals surface area contributed by atoms with Crippen LogP contribution >= 0.6 is 0 Å². The zero-order valence-electron chi connectivity index (χ0n) is 14.4. The van der Waals surface area contributed by atoms with Gasteiger partial charge in [-0.15, -0.1) is 0 Å². The van der Waals surface area contributed by atoms with Gasteiger partial charge in [-0.3, -0.25) is 4.79 Å². The monoisotopic (exact) mass is 369 g/mol. The van der Waals surface area contributed by atoms with Gasteiger partial charge >= 0.3 is 0 Å². The third-order valence-corrected chi connectivity index (χ3v) is 5.99. The number of ether oxygens (including phenoxy) is 3. The van der Waals surface area contributed by atoms with Gasteiger partial charge in [0.2, 0.25) is 6.79 Å². The molecule has 1 fully saturated rings. The first-order valence-corrected chi connectivity index (χ1v) is 10.2. The van der Waals surface area contributed by atoms with Gasteiger partial charge in [-0.1, -0.05) is 13.8 Å². The molecule has 1 aromatic rings. The molecule has 1 saturated heterocycles. The van der Waals surface area contributed by atoms with E-state index in [-0.39, 0.29) is 42.8 Å². The number of carbonyl (C=O) groups excluding carboxylic acids is 1. The van der Waals surface area contributed by atoms with Gasteiger partial charge in [-0.2, -0.15) is 0 Å². The van der Waals surface area contributed by atoms with Crippen LogP contribution in [0.2, 0.25) is 0 Å². The molecule has 0 radical (unpaired) electrons. The van der Waals surface area contributed by atoms with Crippen molar-refractivity contribution in [2.45, 2.75) is 26.3 Å². The number of carbonyl (C=O) groups is 1. The van der Waals surface area contributed by atoms with Gasteiger partial charge in [0.05, 0.1) is 11.5 Å². The Morgan fingerprint density at radius 1 is 1.32 bits per heavy atom. The Morgan fingerprint density at radius 2 is 2.08 bits per heavy atom. The topological polar surface area (TPSA) is 82.1 Å². The van der Waals surface area contributed by atoms with Crippen molar-refractivity contribution >= 4 is 15.7 Å². The first-order valence-electron chi connectivity index (χ1n) is 8.36. The van der Waals surface area contributed by atoms with Crippen LogP contribution in [0.3, 0.4) is 0 Å². The third kappa shape index (κ3) is 4.36. The van der Waals surface area contributed by atoms with Crippen LogP contribution in [0.15, 0.2) is 18.2 Å². The maximum Gasteiger partial charge on any atom is 0.260 e. The molecule has 1 atom stereocenters. The number of benzene rings is 1. The SMILES string of the molecule is CC(C)CN(C(=O)COc1ccc2c(c1)OCO2)[C@H]1CCS(=O)(=O)C1. The summed E-state index contributed by atoms with van der Waals surface area (Å²) in [6, 6.07) is 4.87. The van der Waals surface area contributed by atoms with Crippen LogP contribution in [0.1, 0.15) is 20.3 Å². The van der Waals surface area contributed by atoms with Gasteiger partial charge in [0, 0.05) is 18.7 Å². The summed E-state index contributed by atoms with van der Waals surface area (Å²) in [6.45, 7) is 4.56. The molecule has 0 saturated carbocycles. The molecule has 1 aromatic carbocycles. The molecule has 2 aliphatic heterocycles. The highest BCUT2D eigenvalue weighted by atomic mass is 32.2. The summed E-state index contributed by atoms with van der Waals surface area (Å²) in [5.74, 6) is 1.98. The summed E-state index contributed by atoms with van der Waals surface area (Å²) < 4.78 is 39.6. The van der Waals surface area contributed by atoms with Gasteiger partial charge in [-0.05, 0) is 24.5 Å². The summed E-state index contributed by atoms with van der Waals surface area (Å²) in [4.78, 5) is 14.3. The number of hydrogen-bond donors (Lipinski definition) is 0. The molecule has 138 valence electrons. The predicted molar refractivity (Wildman–Crippen MR) is 91.7 cm³/mol. The standard InChI is InChI=1S/C17H23NO6S/c1-12(2)8-18(13-5-6-25(20,21)10-13)17(19)9-22-14-3-4-15-16(7-14)24-11-23-15/h3-4,7,12-13H,5-6,8-11H2,1-2H3/t13-/m0/s1. The summed E-state index contributed by atoms with van der Waals surface area (Å²) in [6.07, 6.45) is 0.491. The van der Waals surface area contributed by atoms with Crippen LogP contribution in [0.5, 0.6) is 17.2 Å². The van der Waals surface area contributed by atoms with E-state index >= 15 is 0 Å². The van der Waals surface area contributed by atoms with E-state index in [4.69, 9.17) is 14.2 Å². The number of nitrogens with zero attached hydrogens (tertiary/aromatic N) is 1. The molecular formula is C17H23NO6S. The van der Waals surface area contributed by atoms with Crippen LogP contribution in [0, 0.1) is 5.92 Å². The fourth-order valence-electron chi connectivity index (χ4n) is 3.06. The number of rotatable bonds is 6. The molecule has 0 bridgehead atoms. The van der Waals surface area contributed by atoms with Crippen molar-refractivity contribution in [1.82, 2.24) is 4.90 Å². The molecule has 0 aromatic heterocycles. The second-order valence-corrected chi connectivity index (χ2v) is 9.03. The summed E-state index contributed by atoms with van der Waals surface area (Å²) in [7, 11) is -3.05. The lowest BCUT2D eigenvalue weighted by Gasteiger charge is -2.29. The van der Waals surface area contributed by atoms with E-state index in [1.54, 1.807) is 23.1 Å². The smallest absolute Gasteiger partial charge is 0.260 e. The predicted octanol–water partition coefficient (Wildman–Crippen LogP) is 1.47. The zero-order chi connectivity index (χ0) is 18.0. The molecule has 7 nitrogen and oxygen atoms in total.